The minimum Gasteiger partial charge on any atom is -0.379 e. The zero-order valence-corrected chi connectivity index (χ0v) is 20.6. The average molecular weight is 491 g/mol. The Morgan fingerprint density at radius 2 is 1.33 bits per heavy atom. The summed E-state index contributed by atoms with van der Waals surface area (Å²) in [6, 6.07) is 14.9. The molecule has 0 aliphatic carbocycles. The molecule has 0 radical (unpaired) electrons. The van der Waals surface area contributed by atoms with Crippen molar-refractivity contribution < 1.29 is 9.53 Å². The minimum atomic E-state index is -0.276. The van der Waals surface area contributed by atoms with Gasteiger partial charge < -0.3 is 15.0 Å². The van der Waals surface area contributed by atoms with Crippen LogP contribution in [0.5, 0.6) is 0 Å². The van der Waals surface area contributed by atoms with E-state index in [1.54, 1.807) is 0 Å². The number of rotatable bonds is 6. The molecule has 2 fully saturated rings. The SMILES string of the molecule is CCC(N1CCOCC1)N1CCN(C(=O)NC(c2ccc(Cl)cc2)c2ccc(Cl)cc2)CC1. The topological polar surface area (TPSA) is 48.1 Å². The van der Waals surface area contributed by atoms with Gasteiger partial charge in [0.25, 0.3) is 0 Å². The number of urea groups is 1. The Morgan fingerprint density at radius 3 is 1.82 bits per heavy atom. The fourth-order valence-corrected chi connectivity index (χ4v) is 4.98. The third-order valence-corrected chi connectivity index (χ3v) is 7.03. The van der Waals surface area contributed by atoms with Gasteiger partial charge in [0.15, 0.2) is 0 Å². The maximum absolute atomic E-state index is 13.3. The molecule has 6 nitrogen and oxygen atoms in total. The van der Waals surface area contributed by atoms with Crippen molar-refractivity contribution in [1.29, 1.82) is 0 Å². The number of hydrogen-bond acceptors (Lipinski definition) is 4. The maximum atomic E-state index is 13.3. The first-order valence-electron chi connectivity index (χ1n) is 11.7. The number of halogens is 2. The van der Waals surface area contributed by atoms with Crippen molar-refractivity contribution in [2.75, 3.05) is 52.5 Å². The van der Waals surface area contributed by atoms with Crippen LogP contribution in [0.4, 0.5) is 4.79 Å². The lowest BCUT2D eigenvalue weighted by Gasteiger charge is -2.44. The molecule has 2 amide bonds. The second kappa shape index (κ2) is 11.5. The first kappa shape index (κ1) is 24.3. The number of amides is 2. The van der Waals surface area contributed by atoms with Crippen LogP contribution < -0.4 is 5.32 Å². The van der Waals surface area contributed by atoms with Gasteiger partial charge in [-0.1, -0.05) is 54.4 Å². The molecule has 33 heavy (non-hydrogen) atoms. The van der Waals surface area contributed by atoms with Crippen LogP contribution in [-0.4, -0.2) is 79.4 Å². The van der Waals surface area contributed by atoms with E-state index in [0.717, 1.165) is 56.9 Å². The molecule has 1 unspecified atom stereocenters. The standard InChI is InChI=1S/C25H32Cl2N4O2/c1-2-23(30-15-17-33-18-16-30)29-11-13-31(14-12-29)25(32)28-24(19-3-7-21(26)8-4-19)20-5-9-22(27)10-6-20/h3-10,23-24H,2,11-18H2,1H3,(H,28,32). The third-order valence-electron chi connectivity index (χ3n) is 6.53. The van der Waals surface area contributed by atoms with Crippen LogP contribution in [0, 0.1) is 0 Å². The summed E-state index contributed by atoms with van der Waals surface area (Å²) in [5, 5.41) is 4.57. The lowest BCUT2D eigenvalue weighted by atomic mass is 9.99. The van der Waals surface area contributed by atoms with E-state index >= 15 is 0 Å². The van der Waals surface area contributed by atoms with Gasteiger partial charge in [0.05, 0.1) is 25.4 Å². The average Bonchev–Trinajstić information content (AvgIpc) is 2.85. The molecule has 1 atom stereocenters. The zero-order valence-electron chi connectivity index (χ0n) is 19.1. The van der Waals surface area contributed by atoms with Crippen molar-refractivity contribution in [1.82, 2.24) is 20.0 Å². The number of carbonyl (C=O) groups is 1. The van der Waals surface area contributed by atoms with Gasteiger partial charge in [-0.05, 0) is 41.8 Å². The lowest BCUT2D eigenvalue weighted by molar-refractivity contribution is -0.0446. The fraction of sp³-hybridized carbons (Fsp3) is 0.480. The summed E-state index contributed by atoms with van der Waals surface area (Å²) in [4.78, 5) is 20.2. The molecule has 2 aromatic rings. The quantitative estimate of drug-likeness (QED) is 0.648. The van der Waals surface area contributed by atoms with Crippen molar-refractivity contribution in [2.45, 2.75) is 25.6 Å². The smallest absolute Gasteiger partial charge is 0.318 e. The number of piperazine rings is 1. The van der Waals surface area contributed by atoms with Gasteiger partial charge in [-0.25, -0.2) is 4.79 Å². The molecule has 8 heteroatoms. The molecule has 0 saturated carbocycles. The number of nitrogens with zero attached hydrogens (tertiary/aromatic N) is 3. The second-order valence-corrected chi connectivity index (χ2v) is 9.42. The molecular weight excluding hydrogens is 459 g/mol. The van der Waals surface area contributed by atoms with Gasteiger partial charge in [-0.3, -0.25) is 9.80 Å². The summed E-state index contributed by atoms with van der Waals surface area (Å²) >= 11 is 12.2. The number of carbonyl (C=O) groups excluding carboxylic acids is 1. The minimum absolute atomic E-state index is 0.0519. The van der Waals surface area contributed by atoms with Gasteiger partial charge in [-0.15, -0.1) is 0 Å². The maximum Gasteiger partial charge on any atom is 0.318 e. The molecule has 4 rings (SSSR count). The van der Waals surface area contributed by atoms with Gasteiger partial charge in [0, 0.05) is 49.3 Å². The predicted octanol–water partition coefficient (Wildman–Crippen LogP) is 4.48. The lowest BCUT2D eigenvalue weighted by Crippen LogP contribution is -2.59. The number of nitrogens with one attached hydrogen (secondary N) is 1. The molecular formula is C25H32Cl2N4O2. The number of hydrogen-bond donors (Lipinski definition) is 1. The summed E-state index contributed by atoms with van der Waals surface area (Å²) in [5.41, 5.74) is 1.96. The van der Waals surface area contributed by atoms with Gasteiger partial charge >= 0.3 is 6.03 Å². The van der Waals surface area contributed by atoms with Crippen LogP contribution in [0.2, 0.25) is 10.0 Å². The van der Waals surface area contributed by atoms with Crippen LogP contribution in [0.15, 0.2) is 48.5 Å². The highest BCUT2D eigenvalue weighted by Gasteiger charge is 2.30. The van der Waals surface area contributed by atoms with Crippen LogP contribution in [0.3, 0.4) is 0 Å². The van der Waals surface area contributed by atoms with Crippen molar-refractivity contribution in [3.63, 3.8) is 0 Å². The third kappa shape index (κ3) is 6.19. The summed E-state index contributed by atoms with van der Waals surface area (Å²) in [5.74, 6) is 0. The summed E-state index contributed by atoms with van der Waals surface area (Å²) in [6.45, 7) is 8.95. The van der Waals surface area contributed by atoms with Crippen molar-refractivity contribution in [2.24, 2.45) is 0 Å². The molecule has 0 bridgehead atoms. The van der Waals surface area contributed by atoms with E-state index in [0.29, 0.717) is 29.3 Å². The molecule has 1 N–H and O–H groups in total. The number of morpholine rings is 1. The summed E-state index contributed by atoms with van der Waals surface area (Å²) in [6.07, 6.45) is 1.48. The van der Waals surface area contributed by atoms with Crippen molar-refractivity contribution >= 4 is 29.2 Å². The predicted molar refractivity (Wildman–Crippen MR) is 133 cm³/mol. The van der Waals surface area contributed by atoms with Crippen LogP contribution in [0.1, 0.15) is 30.5 Å². The normalized spacial score (nSPS) is 19.0. The van der Waals surface area contributed by atoms with E-state index in [1.165, 1.54) is 0 Å². The first-order chi connectivity index (χ1) is 16.0. The van der Waals surface area contributed by atoms with Crippen molar-refractivity contribution in [3.05, 3.63) is 69.7 Å². The molecule has 2 heterocycles. The van der Waals surface area contributed by atoms with Gasteiger partial charge in [0.2, 0.25) is 0 Å². The molecule has 2 aromatic carbocycles. The zero-order chi connectivity index (χ0) is 23.2. The molecule has 2 aliphatic heterocycles. The Hall–Kier alpha value is -1.83. The van der Waals surface area contributed by atoms with E-state index in [4.69, 9.17) is 27.9 Å². The monoisotopic (exact) mass is 490 g/mol. The Kier molecular flexibility index (Phi) is 8.50. The highest BCUT2D eigenvalue weighted by molar-refractivity contribution is 6.30. The highest BCUT2D eigenvalue weighted by Crippen LogP contribution is 2.25. The van der Waals surface area contributed by atoms with Gasteiger partial charge in [0.1, 0.15) is 0 Å². The van der Waals surface area contributed by atoms with Crippen molar-refractivity contribution in [3.8, 4) is 0 Å². The largest absolute Gasteiger partial charge is 0.379 e. The van der Waals surface area contributed by atoms with E-state index in [-0.39, 0.29) is 12.1 Å². The first-order valence-corrected chi connectivity index (χ1v) is 12.4. The second-order valence-electron chi connectivity index (χ2n) is 8.55. The Morgan fingerprint density at radius 1 is 0.848 bits per heavy atom. The van der Waals surface area contributed by atoms with E-state index in [2.05, 4.69) is 22.0 Å². The molecule has 2 aliphatic rings. The number of benzene rings is 2. The Labute approximate surface area is 206 Å². The van der Waals surface area contributed by atoms with Crippen LogP contribution in [-0.2, 0) is 4.74 Å². The molecule has 2 saturated heterocycles. The van der Waals surface area contributed by atoms with Crippen LogP contribution in [0.25, 0.3) is 0 Å². The number of ether oxygens (including phenoxy) is 1. The Balaban J connectivity index is 1.41. The van der Waals surface area contributed by atoms with E-state index in [1.807, 2.05) is 53.4 Å². The highest BCUT2D eigenvalue weighted by atomic mass is 35.5. The summed E-state index contributed by atoms with van der Waals surface area (Å²) in [7, 11) is 0. The van der Waals surface area contributed by atoms with Gasteiger partial charge in [-0.2, -0.15) is 0 Å². The Bertz CT molecular complexity index is 850. The fourth-order valence-electron chi connectivity index (χ4n) is 4.73. The van der Waals surface area contributed by atoms with E-state index < -0.39 is 0 Å². The molecule has 0 aromatic heterocycles. The van der Waals surface area contributed by atoms with E-state index in [9.17, 15) is 4.79 Å². The molecule has 0 spiro atoms. The van der Waals surface area contributed by atoms with Crippen LogP contribution >= 0.6 is 23.2 Å². The molecule has 178 valence electrons. The summed E-state index contributed by atoms with van der Waals surface area (Å²) < 4.78 is 5.52.